The zero-order valence-corrected chi connectivity index (χ0v) is 12.5. The number of ether oxygens (including phenoxy) is 2. The normalized spacial score (nSPS) is 14.7. The largest absolute Gasteiger partial charge is 0.496 e. The van der Waals surface area contributed by atoms with Gasteiger partial charge in [0.2, 0.25) is 0 Å². The molecule has 0 spiro atoms. The molecule has 0 unspecified atom stereocenters. The van der Waals surface area contributed by atoms with Crippen molar-refractivity contribution in [2.75, 3.05) is 33.4 Å². The SMILES string of the molecule is COc1[c]ccc(-c2ccc(C(=O)N3CCOCC3)cc2)c1. The van der Waals surface area contributed by atoms with E-state index >= 15 is 0 Å². The minimum Gasteiger partial charge on any atom is -0.496 e. The van der Waals surface area contributed by atoms with Gasteiger partial charge in [0.05, 0.1) is 20.3 Å². The van der Waals surface area contributed by atoms with Gasteiger partial charge in [-0.25, -0.2) is 0 Å². The van der Waals surface area contributed by atoms with Gasteiger partial charge in [0.1, 0.15) is 5.75 Å². The van der Waals surface area contributed by atoms with Crippen LogP contribution in [0, 0.1) is 6.07 Å². The van der Waals surface area contributed by atoms with Gasteiger partial charge in [-0.15, -0.1) is 0 Å². The molecule has 1 radical (unpaired) electrons. The molecule has 1 aliphatic rings. The Kier molecular flexibility index (Phi) is 4.39. The summed E-state index contributed by atoms with van der Waals surface area (Å²) in [5.41, 5.74) is 2.80. The number of amides is 1. The van der Waals surface area contributed by atoms with E-state index in [1.807, 2.05) is 47.4 Å². The molecule has 4 heteroatoms. The summed E-state index contributed by atoms with van der Waals surface area (Å²) in [6.07, 6.45) is 0. The van der Waals surface area contributed by atoms with Crippen molar-refractivity contribution in [1.29, 1.82) is 0 Å². The fourth-order valence-electron chi connectivity index (χ4n) is 2.50. The highest BCUT2D eigenvalue weighted by Gasteiger charge is 2.18. The third-order valence-corrected chi connectivity index (χ3v) is 3.76. The van der Waals surface area contributed by atoms with Gasteiger partial charge >= 0.3 is 0 Å². The lowest BCUT2D eigenvalue weighted by molar-refractivity contribution is 0.0303. The lowest BCUT2D eigenvalue weighted by atomic mass is 10.0. The fourth-order valence-corrected chi connectivity index (χ4v) is 2.50. The van der Waals surface area contributed by atoms with E-state index in [1.54, 1.807) is 7.11 Å². The third kappa shape index (κ3) is 3.12. The predicted molar refractivity (Wildman–Crippen MR) is 84.0 cm³/mol. The smallest absolute Gasteiger partial charge is 0.254 e. The number of hydrogen-bond donors (Lipinski definition) is 0. The number of rotatable bonds is 3. The van der Waals surface area contributed by atoms with Gasteiger partial charge < -0.3 is 14.4 Å². The van der Waals surface area contributed by atoms with E-state index in [-0.39, 0.29) is 5.91 Å². The molecule has 113 valence electrons. The number of carbonyl (C=O) groups excluding carboxylic acids is 1. The number of benzene rings is 2. The van der Waals surface area contributed by atoms with Crippen LogP contribution < -0.4 is 4.74 Å². The zero-order valence-electron chi connectivity index (χ0n) is 12.5. The van der Waals surface area contributed by atoms with Crippen molar-refractivity contribution in [2.24, 2.45) is 0 Å². The molecule has 1 amide bonds. The summed E-state index contributed by atoms with van der Waals surface area (Å²) in [6, 6.07) is 16.4. The lowest BCUT2D eigenvalue weighted by Crippen LogP contribution is -2.40. The quantitative estimate of drug-likeness (QED) is 0.874. The molecule has 1 saturated heterocycles. The Balaban J connectivity index is 1.78. The molecule has 1 fully saturated rings. The fraction of sp³-hybridized carbons (Fsp3) is 0.278. The molecule has 0 aromatic heterocycles. The van der Waals surface area contributed by atoms with Crippen LogP contribution in [0.15, 0.2) is 42.5 Å². The van der Waals surface area contributed by atoms with Crippen molar-refractivity contribution in [3.63, 3.8) is 0 Å². The van der Waals surface area contributed by atoms with E-state index in [9.17, 15) is 4.79 Å². The van der Waals surface area contributed by atoms with Crippen LogP contribution in [0.25, 0.3) is 11.1 Å². The molecule has 3 rings (SSSR count). The van der Waals surface area contributed by atoms with Crippen LogP contribution in [0.2, 0.25) is 0 Å². The molecule has 0 aliphatic carbocycles. The molecule has 4 nitrogen and oxygen atoms in total. The standard InChI is InChI=1S/C18H18NO3/c1-21-17-4-2-3-16(13-17)14-5-7-15(8-6-14)18(20)19-9-11-22-12-10-19/h2-3,5-8,13H,9-12H2,1H3. The molecule has 0 N–H and O–H groups in total. The predicted octanol–water partition coefficient (Wildman–Crippen LogP) is 2.63. The van der Waals surface area contributed by atoms with Gasteiger partial charge in [0.25, 0.3) is 5.91 Å². The Morgan fingerprint density at radius 2 is 1.86 bits per heavy atom. The van der Waals surface area contributed by atoms with Crippen LogP contribution in [0.3, 0.4) is 0 Å². The van der Waals surface area contributed by atoms with E-state index in [1.165, 1.54) is 0 Å². The summed E-state index contributed by atoms with van der Waals surface area (Å²) >= 11 is 0. The molecule has 1 heterocycles. The lowest BCUT2D eigenvalue weighted by Gasteiger charge is -2.26. The van der Waals surface area contributed by atoms with Crippen molar-refractivity contribution in [2.45, 2.75) is 0 Å². The van der Waals surface area contributed by atoms with Crippen molar-refractivity contribution in [1.82, 2.24) is 4.90 Å². The number of morpholine rings is 1. The second kappa shape index (κ2) is 6.62. The highest BCUT2D eigenvalue weighted by molar-refractivity contribution is 5.94. The van der Waals surface area contributed by atoms with Crippen LogP contribution in [0.5, 0.6) is 5.75 Å². The van der Waals surface area contributed by atoms with E-state index in [4.69, 9.17) is 9.47 Å². The summed E-state index contributed by atoms with van der Waals surface area (Å²) < 4.78 is 10.5. The zero-order chi connectivity index (χ0) is 15.4. The average molecular weight is 296 g/mol. The topological polar surface area (TPSA) is 38.8 Å². The first-order chi connectivity index (χ1) is 10.8. The van der Waals surface area contributed by atoms with Gasteiger partial charge in [0, 0.05) is 24.7 Å². The maximum Gasteiger partial charge on any atom is 0.254 e. The van der Waals surface area contributed by atoms with Crippen LogP contribution >= 0.6 is 0 Å². The van der Waals surface area contributed by atoms with Crippen molar-refractivity contribution < 1.29 is 14.3 Å². The monoisotopic (exact) mass is 296 g/mol. The van der Waals surface area contributed by atoms with Crippen molar-refractivity contribution >= 4 is 5.91 Å². The highest BCUT2D eigenvalue weighted by atomic mass is 16.5. The van der Waals surface area contributed by atoms with Crippen molar-refractivity contribution in [3.05, 3.63) is 54.1 Å². The van der Waals surface area contributed by atoms with Crippen molar-refractivity contribution in [3.8, 4) is 16.9 Å². The molecule has 0 bridgehead atoms. The first-order valence-corrected chi connectivity index (χ1v) is 7.31. The minimum absolute atomic E-state index is 0.0637. The molecular weight excluding hydrogens is 278 g/mol. The van der Waals surface area contributed by atoms with Gasteiger partial charge in [-0.3, -0.25) is 4.79 Å². The van der Waals surface area contributed by atoms with Gasteiger partial charge in [-0.05, 0) is 35.4 Å². The summed E-state index contributed by atoms with van der Waals surface area (Å²) in [4.78, 5) is 14.2. The minimum atomic E-state index is 0.0637. The molecule has 1 aliphatic heterocycles. The first kappa shape index (κ1) is 14.6. The van der Waals surface area contributed by atoms with Gasteiger partial charge in [-0.1, -0.05) is 18.2 Å². The van der Waals surface area contributed by atoms with E-state index < -0.39 is 0 Å². The third-order valence-electron chi connectivity index (χ3n) is 3.76. The number of carbonyl (C=O) groups is 1. The highest BCUT2D eigenvalue weighted by Crippen LogP contribution is 2.24. The van der Waals surface area contributed by atoms with Gasteiger partial charge in [0.15, 0.2) is 0 Å². The Morgan fingerprint density at radius 3 is 2.55 bits per heavy atom. The Hall–Kier alpha value is -2.33. The molecule has 0 saturated carbocycles. The van der Waals surface area contributed by atoms with E-state index in [0.29, 0.717) is 37.6 Å². The average Bonchev–Trinajstić information content (AvgIpc) is 2.62. The summed E-state index contributed by atoms with van der Waals surface area (Å²) in [5, 5.41) is 0. The molecule has 2 aromatic carbocycles. The second-order valence-electron chi connectivity index (χ2n) is 5.13. The maximum atomic E-state index is 12.4. The number of hydrogen-bond acceptors (Lipinski definition) is 3. The molecule has 2 aromatic rings. The summed E-state index contributed by atoms with van der Waals surface area (Å²) in [5.74, 6) is 0.764. The molecule has 22 heavy (non-hydrogen) atoms. The summed E-state index contributed by atoms with van der Waals surface area (Å²) in [7, 11) is 1.62. The van der Waals surface area contributed by atoms with Crippen LogP contribution in [-0.2, 0) is 4.74 Å². The van der Waals surface area contributed by atoms with Crippen LogP contribution in [-0.4, -0.2) is 44.2 Å². The van der Waals surface area contributed by atoms with Gasteiger partial charge in [-0.2, -0.15) is 0 Å². The Morgan fingerprint density at radius 1 is 1.14 bits per heavy atom. The first-order valence-electron chi connectivity index (χ1n) is 7.31. The van der Waals surface area contributed by atoms with Crippen LogP contribution in [0.4, 0.5) is 0 Å². The molecular formula is C18H18NO3. The number of methoxy groups -OCH3 is 1. The van der Waals surface area contributed by atoms with E-state index in [2.05, 4.69) is 6.07 Å². The maximum absolute atomic E-state index is 12.4. The second-order valence-corrected chi connectivity index (χ2v) is 5.13. The Bertz CT molecular complexity index is 646. The molecule has 0 atom stereocenters. The summed E-state index contributed by atoms with van der Waals surface area (Å²) in [6.45, 7) is 2.55. The van der Waals surface area contributed by atoms with E-state index in [0.717, 1.165) is 11.1 Å². The Labute approximate surface area is 130 Å². The number of nitrogens with zero attached hydrogens (tertiary/aromatic N) is 1. The van der Waals surface area contributed by atoms with Crippen LogP contribution in [0.1, 0.15) is 10.4 Å².